The van der Waals surface area contributed by atoms with Crippen LogP contribution in [0.5, 0.6) is 5.75 Å². The number of likely N-dealkylation sites (tertiary alicyclic amines) is 1. The fraction of sp³-hybridized carbons (Fsp3) is 0.625. The van der Waals surface area contributed by atoms with E-state index < -0.39 is 0 Å². The van der Waals surface area contributed by atoms with Crippen LogP contribution in [-0.2, 0) is 6.54 Å². The standard InChI is InChI=1S/C16H24BrNO/c1-10-5-11(2)13(4)18(8-10)9-14-7-15(17)6-12(3)16(14)19/h6-7,10-11,13,19H,5,8-9H2,1-4H3. The normalized spacial score (nSPS) is 28.6. The first kappa shape index (κ1) is 14.9. The fourth-order valence-electron chi connectivity index (χ4n) is 3.19. The second-order valence-corrected chi connectivity index (χ2v) is 7.13. The molecule has 1 fully saturated rings. The fourth-order valence-corrected chi connectivity index (χ4v) is 3.81. The maximum Gasteiger partial charge on any atom is 0.123 e. The van der Waals surface area contributed by atoms with Crippen molar-refractivity contribution in [1.82, 2.24) is 4.90 Å². The van der Waals surface area contributed by atoms with Crippen LogP contribution >= 0.6 is 15.9 Å². The second kappa shape index (κ2) is 5.84. The van der Waals surface area contributed by atoms with Crippen LogP contribution in [0.1, 0.15) is 38.3 Å². The Labute approximate surface area is 124 Å². The van der Waals surface area contributed by atoms with Gasteiger partial charge in [-0.2, -0.15) is 0 Å². The van der Waals surface area contributed by atoms with E-state index >= 15 is 0 Å². The van der Waals surface area contributed by atoms with Crippen LogP contribution in [-0.4, -0.2) is 22.6 Å². The van der Waals surface area contributed by atoms with Crippen molar-refractivity contribution >= 4 is 15.9 Å². The molecule has 0 spiro atoms. The van der Waals surface area contributed by atoms with Crippen LogP contribution in [0.4, 0.5) is 0 Å². The molecule has 3 atom stereocenters. The molecule has 0 bridgehead atoms. The molecule has 1 aromatic carbocycles. The third-order valence-electron chi connectivity index (χ3n) is 4.44. The van der Waals surface area contributed by atoms with Crippen LogP contribution < -0.4 is 0 Å². The number of phenols is 1. The third-order valence-corrected chi connectivity index (χ3v) is 4.90. The average molecular weight is 326 g/mol. The average Bonchev–Trinajstić information content (AvgIpc) is 2.31. The zero-order valence-electron chi connectivity index (χ0n) is 12.3. The quantitative estimate of drug-likeness (QED) is 0.874. The summed E-state index contributed by atoms with van der Waals surface area (Å²) in [5.41, 5.74) is 1.97. The highest BCUT2D eigenvalue weighted by atomic mass is 79.9. The highest BCUT2D eigenvalue weighted by molar-refractivity contribution is 9.10. The van der Waals surface area contributed by atoms with E-state index in [-0.39, 0.29) is 0 Å². The van der Waals surface area contributed by atoms with Crippen molar-refractivity contribution < 1.29 is 5.11 Å². The number of phenolic OH excluding ortho intramolecular Hbond substituents is 1. The van der Waals surface area contributed by atoms with Crippen molar-refractivity contribution in [3.63, 3.8) is 0 Å². The lowest BCUT2D eigenvalue weighted by Gasteiger charge is -2.41. The van der Waals surface area contributed by atoms with Gasteiger partial charge in [-0.3, -0.25) is 4.90 Å². The van der Waals surface area contributed by atoms with Crippen LogP contribution in [0, 0.1) is 18.8 Å². The molecule has 1 saturated heterocycles. The molecule has 2 nitrogen and oxygen atoms in total. The molecule has 0 amide bonds. The number of halogens is 1. The Morgan fingerprint density at radius 1 is 1.32 bits per heavy atom. The molecule has 1 aliphatic rings. The summed E-state index contributed by atoms with van der Waals surface area (Å²) in [5, 5.41) is 10.2. The van der Waals surface area contributed by atoms with E-state index in [1.54, 1.807) is 0 Å². The van der Waals surface area contributed by atoms with Crippen molar-refractivity contribution in [3.8, 4) is 5.75 Å². The summed E-state index contributed by atoms with van der Waals surface area (Å²) in [6.07, 6.45) is 1.31. The number of aryl methyl sites for hydroxylation is 1. The maximum atomic E-state index is 10.2. The lowest BCUT2D eigenvalue weighted by Crippen LogP contribution is -2.45. The van der Waals surface area contributed by atoms with E-state index in [4.69, 9.17) is 0 Å². The van der Waals surface area contributed by atoms with Crippen LogP contribution in [0.15, 0.2) is 16.6 Å². The van der Waals surface area contributed by atoms with Gasteiger partial charge in [0.2, 0.25) is 0 Å². The lowest BCUT2D eigenvalue weighted by atomic mass is 9.85. The molecule has 1 aromatic rings. The summed E-state index contributed by atoms with van der Waals surface area (Å²) in [6.45, 7) is 10.9. The molecule has 19 heavy (non-hydrogen) atoms. The Balaban J connectivity index is 2.20. The molecule has 0 saturated carbocycles. The van der Waals surface area contributed by atoms with Crippen molar-refractivity contribution in [3.05, 3.63) is 27.7 Å². The Morgan fingerprint density at radius 3 is 2.68 bits per heavy atom. The molecule has 1 N–H and O–H groups in total. The highest BCUT2D eigenvalue weighted by Gasteiger charge is 2.29. The van der Waals surface area contributed by atoms with Crippen LogP contribution in [0.2, 0.25) is 0 Å². The summed E-state index contributed by atoms with van der Waals surface area (Å²) >= 11 is 3.52. The van der Waals surface area contributed by atoms with Crippen molar-refractivity contribution in [1.29, 1.82) is 0 Å². The number of hydrogen-bond acceptors (Lipinski definition) is 2. The number of piperidine rings is 1. The zero-order chi connectivity index (χ0) is 14.2. The third kappa shape index (κ3) is 3.32. The topological polar surface area (TPSA) is 23.5 Å². The largest absolute Gasteiger partial charge is 0.507 e. The molecule has 1 heterocycles. The Morgan fingerprint density at radius 2 is 2.00 bits per heavy atom. The van der Waals surface area contributed by atoms with Crippen LogP contribution in [0.25, 0.3) is 0 Å². The Kier molecular flexibility index (Phi) is 4.57. The molecule has 3 heteroatoms. The van der Waals surface area contributed by atoms with Gasteiger partial charge in [-0.1, -0.05) is 29.8 Å². The SMILES string of the molecule is Cc1cc(Br)cc(CN2CC(C)CC(C)C2C)c1O. The Bertz CT molecular complexity index is 460. The predicted octanol–water partition coefficient (Wildman–Crippen LogP) is 4.33. The van der Waals surface area contributed by atoms with Gasteiger partial charge in [0.15, 0.2) is 0 Å². The summed E-state index contributed by atoms with van der Waals surface area (Å²) in [5.74, 6) is 1.90. The summed E-state index contributed by atoms with van der Waals surface area (Å²) < 4.78 is 1.04. The lowest BCUT2D eigenvalue weighted by molar-refractivity contribution is 0.0722. The smallest absolute Gasteiger partial charge is 0.123 e. The van der Waals surface area contributed by atoms with E-state index in [0.29, 0.717) is 11.8 Å². The van der Waals surface area contributed by atoms with Crippen LogP contribution in [0.3, 0.4) is 0 Å². The molecule has 106 valence electrons. The van der Waals surface area contributed by atoms with E-state index in [1.165, 1.54) is 6.42 Å². The molecular weight excluding hydrogens is 302 g/mol. The predicted molar refractivity (Wildman–Crippen MR) is 83.4 cm³/mol. The van der Waals surface area contributed by atoms with Crippen molar-refractivity contribution in [2.45, 2.75) is 46.7 Å². The molecular formula is C16H24BrNO. The van der Waals surface area contributed by atoms with Gasteiger partial charge in [0.05, 0.1) is 0 Å². The minimum absolute atomic E-state index is 0.446. The second-order valence-electron chi connectivity index (χ2n) is 6.22. The minimum atomic E-state index is 0.446. The van der Waals surface area contributed by atoms with Crippen molar-refractivity contribution in [2.24, 2.45) is 11.8 Å². The molecule has 1 aliphatic heterocycles. The van der Waals surface area contributed by atoms with Gasteiger partial charge < -0.3 is 5.11 Å². The van der Waals surface area contributed by atoms with E-state index in [0.717, 1.165) is 40.5 Å². The molecule has 2 rings (SSSR count). The number of rotatable bonds is 2. The first-order valence-corrected chi connectivity index (χ1v) is 7.89. The maximum absolute atomic E-state index is 10.2. The van der Waals surface area contributed by atoms with Crippen molar-refractivity contribution in [2.75, 3.05) is 6.54 Å². The van der Waals surface area contributed by atoms with E-state index in [1.807, 2.05) is 19.1 Å². The van der Waals surface area contributed by atoms with Gasteiger partial charge >= 0.3 is 0 Å². The van der Waals surface area contributed by atoms with E-state index in [9.17, 15) is 5.11 Å². The van der Waals surface area contributed by atoms with Gasteiger partial charge in [0, 0.05) is 29.2 Å². The molecule has 3 unspecified atom stereocenters. The Hall–Kier alpha value is -0.540. The summed E-state index contributed by atoms with van der Waals surface area (Å²) in [6, 6.07) is 4.58. The minimum Gasteiger partial charge on any atom is -0.507 e. The molecule has 0 aromatic heterocycles. The van der Waals surface area contributed by atoms with Gasteiger partial charge in [-0.05, 0) is 49.8 Å². The molecule has 0 radical (unpaired) electrons. The number of aromatic hydroxyl groups is 1. The molecule has 0 aliphatic carbocycles. The highest BCUT2D eigenvalue weighted by Crippen LogP contribution is 2.32. The number of benzene rings is 1. The number of nitrogens with zero attached hydrogens (tertiary/aromatic N) is 1. The first-order chi connectivity index (χ1) is 8.88. The summed E-state index contributed by atoms with van der Waals surface area (Å²) in [4.78, 5) is 2.50. The van der Waals surface area contributed by atoms with Gasteiger partial charge in [0.25, 0.3) is 0 Å². The first-order valence-electron chi connectivity index (χ1n) is 7.10. The zero-order valence-corrected chi connectivity index (χ0v) is 13.9. The van der Waals surface area contributed by atoms with Gasteiger partial charge in [-0.25, -0.2) is 0 Å². The monoisotopic (exact) mass is 325 g/mol. The van der Waals surface area contributed by atoms with E-state index in [2.05, 4.69) is 41.6 Å². The van der Waals surface area contributed by atoms with Gasteiger partial charge in [0.1, 0.15) is 5.75 Å². The summed E-state index contributed by atoms with van der Waals surface area (Å²) in [7, 11) is 0. The number of hydrogen-bond donors (Lipinski definition) is 1. The van der Waals surface area contributed by atoms with Gasteiger partial charge in [-0.15, -0.1) is 0 Å².